The predicted molar refractivity (Wildman–Crippen MR) is 95.9 cm³/mol. The summed E-state index contributed by atoms with van der Waals surface area (Å²) >= 11 is 3.58. The summed E-state index contributed by atoms with van der Waals surface area (Å²) in [6.07, 6.45) is 5.09. The Bertz CT molecular complexity index is 560. The first kappa shape index (κ1) is 16.1. The molecule has 0 fully saturated rings. The lowest BCUT2D eigenvalue weighted by molar-refractivity contribution is 0.717. The molecule has 2 heteroatoms. The Balaban J connectivity index is 1.86. The molecule has 0 aliphatic rings. The van der Waals surface area contributed by atoms with Crippen molar-refractivity contribution in [1.29, 1.82) is 0 Å². The lowest BCUT2D eigenvalue weighted by Gasteiger charge is -2.09. The van der Waals surface area contributed by atoms with E-state index in [9.17, 15) is 0 Å². The zero-order valence-electron chi connectivity index (χ0n) is 13.0. The van der Waals surface area contributed by atoms with Crippen LogP contribution in [0.3, 0.4) is 0 Å². The Kier molecular flexibility index (Phi) is 6.31. The smallest absolute Gasteiger partial charge is 0.0401 e. The van der Waals surface area contributed by atoms with Crippen molar-refractivity contribution in [3.05, 3.63) is 63.6 Å². The largest absolute Gasteiger partial charge is 0.381 e. The molecule has 0 amide bonds. The number of nitrogens with one attached hydrogen (secondary N) is 1. The fourth-order valence-corrected chi connectivity index (χ4v) is 2.75. The summed E-state index contributed by atoms with van der Waals surface area (Å²) in [5, 5.41) is 3.48. The van der Waals surface area contributed by atoms with E-state index in [0.717, 1.165) is 6.54 Å². The fraction of sp³-hybridized carbons (Fsp3) is 0.368. The van der Waals surface area contributed by atoms with Crippen LogP contribution in [0.4, 0.5) is 5.69 Å². The SMILES string of the molecule is CCCCCc1ccc(NCc2ccc(C)c(Br)c2)cc1. The fourth-order valence-electron chi connectivity index (χ4n) is 2.32. The van der Waals surface area contributed by atoms with E-state index in [-0.39, 0.29) is 0 Å². The molecule has 112 valence electrons. The Morgan fingerprint density at radius 1 is 0.952 bits per heavy atom. The summed E-state index contributed by atoms with van der Waals surface area (Å²) in [6.45, 7) is 5.21. The van der Waals surface area contributed by atoms with Crippen LogP contribution in [0.2, 0.25) is 0 Å². The first-order chi connectivity index (χ1) is 10.2. The van der Waals surface area contributed by atoms with E-state index in [0.29, 0.717) is 0 Å². The van der Waals surface area contributed by atoms with Gasteiger partial charge in [-0.05, 0) is 54.7 Å². The van der Waals surface area contributed by atoms with Crippen molar-refractivity contribution in [2.24, 2.45) is 0 Å². The van der Waals surface area contributed by atoms with E-state index < -0.39 is 0 Å². The topological polar surface area (TPSA) is 12.0 Å². The summed E-state index contributed by atoms with van der Waals surface area (Å²) in [5.41, 5.74) is 5.19. The van der Waals surface area contributed by atoms with Crippen LogP contribution >= 0.6 is 15.9 Å². The molecule has 0 saturated heterocycles. The van der Waals surface area contributed by atoms with Gasteiger partial charge in [0.25, 0.3) is 0 Å². The second kappa shape index (κ2) is 8.23. The summed E-state index contributed by atoms with van der Waals surface area (Å²) in [4.78, 5) is 0. The Hall–Kier alpha value is -1.28. The van der Waals surface area contributed by atoms with E-state index in [1.54, 1.807) is 0 Å². The molecular formula is C19H24BrN. The third-order valence-corrected chi connectivity index (χ3v) is 4.61. The molecule has 0 bridgehead atoms. The number of rotatable bonds is 7. The van der Waals surface area contributed by atoms with Crippen molar-refractivity contribution in [3.8, 4) is 0 Å². The van der Waals surface area contributed by atoms with Crippen molar-refractivity contribution in [2.45, 2.75) is 46.1 Å². The normalized spacial score (nSPS) is 10.6. The Morgan fingerprint density at radius 3 is 2.33 bits per heavy atom. The van der Waals surface area contributed by atoms with Gasteiger partial charge in [-0.2, -0.15) is 0 Å². The number of hydrogen-bond acceptors (Lipinski definition) is 1. The van der Waals surface area contributed by atoms with Gasteiger partial charge >= 0.3 is 0 Å². The average molecular weight is 346 g/mol. The molecule has 2 aromatic carbocycles. The van der Waals surface area contributed by atoms with Gasteiger partial charge in [0.1, 0.15) is 0 Å². The molecule has 0 aromatic heterocycles. The molecule has 0 unspecified atom stereocenters. The van der Waals surface area contributed by atoms with Gasteiger partial charge in [0.05, 0.1) is 0 Å². The molecule has 1 nitrogen and oxygen atoms in total. The molecule has 1 N–H and O–H groups in total. The van der Waals surface area contributed by atoms with Gasteiger partial charge in [0.2, 0.25) is 0 Å². The van der Waals surface area contributed by atoms with Crippen molar-refractivity contribution >= 4 is 21.6 Å². The molecule has 2 rings (SSSR count). The molecule has 0 saturated carbocycles. The lowest BCUT2D eigenvalue weighted by atomic mass is 10.1. The minimum absolute atomic E-state index is 0.855. The first-order valence-electron chi connectivity index (χ1n) is 7.77. The van der Waals surface area contributed by atoms with E-state index in [2.05, 4.69) is 77.6 Å². The van der Waals surface area contributed by atoms with E-state index >= 15 is 0 Å². The lowest BCUT2D eigenvalue weighted by Crippen LogP contribution is -1.99. The molecule has 0 aliphatic carbocycles. The van der Waals surface area contributed by atoms with E-state index in [1.165, 1.54) is 52.5 Å². The summed E-state index contributed by atoms with van der Waals surface area (Å²) < 4.78 is 1.17. The number of benzene rings is 2. The standard InChI is InChI=1S/C19H24BrN/c1-3-4-5-6-16-9-11-18(12-10-16)21-14-17-8-7-15(2)19(20)13-17/h7-13,21H,3-6,14H2,1-2H3. The summed E-state index contributed by atoms with van der Waals surface area (Å²) in [6, 6.07) is 15.4. The Morgan fingerprint density at radius 2 is 1.67 bits per heavy atom. The van der Waals surface area contributed by atoms with Crippen molar-refractivity contribution in [2.75, 3.05) is 5.32 Å². The van der Waals surface area contributed by atoms with Crippen LogP contribution < -0.4 is 5.32 Å². The quantitative estimate of drug-likeness (QED) is 0.597. The summed E-state index contributed by atoms with van der Waals surface area (Å²) in [7, 11) is 0. The van der Waals surface area contributed by atoms with Crippen molar-refractivity contribution < 1.29 is 0 Å². The van der Waals surface area contributed by atoms with Gasteiger partial charge in [0.15, 0.2) is 0 Å². The molecule has 2 aromatic rings. The number of aryl methyl sites for hydroxylation is 2. The third-order valence-electron chi connectivity index (χ3n) is 3.76. The van der Waals surface area contributed by atoms with Crippen LogP contribution in [0.25, 0.3) is 0 Å². The van der Waals surface area contributed by atoms with Gasteiger partial charge in [0, 0.05) is 16.7 Å². The van der Waals surface area contributed by atoms with Gasteiger partial charge in [-0.25, -0.2) is 0 Å². The maximum atomic E-state index is 3.58. The predicted octanol–water partition coefficient (Wildman–Crippen LogP) is 6.10. The number of halogens is 1. The molecule has 0 aliphatic heterocycles. The van der Waals surface area contributed by atoms with Crippen LogP contribution in [0.5, 0.6) is 0 Å². The van der Waals surface area contributed by atoms with Crippen LogP contribution in [0.15, 0.2) is 46.9 Å². The minimum Gasteiger partial charge on any atom is -0.381 e. The molecule has 0 atom stereocenters. The van der Waals surface area contributed by atoms with Crippen LogP contribution in [-0.2, 0) is 13.0 Å². The van der Waals surface area contributed by atoms with Crippen LogP contribution in [0, 0.1) is 6.92 Å². The molecular weight excluding hydrogens is 322 g/mol. The minimum atomic E-state index is 0.855. The van der Waals surface area contributed by atoms with Gasteiger partial charge in [-0.15, -0.1) is 0 Å². The number of unbranched alkanes of at least 4 members (excludes halogenated alkanes) is 2. The number of anilines is 1. The van der Waals surface area contributed by atoms with Crippen molar-refractivity contribution in [3.63, 3.8) is 0 Å². The first-order valence-corrected chi connectivity index (χ1v) is 8.56. The van der Waals surface area contributed by atoms with Crippen LogP contribution in [-0.4, -0.2) is 0 Å². The van der Waals surface area contributed by atoms with E-state index in [4.69, 9.17) is 0 Å². The monoisotopic (exact) mass is 345 g/mol. The van der Waals surface area contributed by atoms with Crippen LogP contribution in [0.1, 0.15) is 42.9 Å². The maximum absolute atomic E-state index is 3.58. The molecule has 0 spiro atoms. The maximum Gasteiger partial charge on any atom is 0.0401 e. The van der Waals surface area contributed by atoms with Gasteiger partial charge < -0.3 is 5.32 Å². The van der Waals surface area contributed by atoms with Crippen molar-refractivity contribution in [1.82, 2.24) is 0 Å². The molecule has 21 heavy (non-hydrogen) atoms. The van der Waals surface area contributed by atoms with Gasteiger partial charge in [-0.3, -0.25) is 0 Å². The zero-order valence-corrected chi connectivity index (χ0v) is 14.5. The highest BCUT2D eigenvalue weighted by Gasteiger charge is 1.99. The average Bonchev–Trinajstić information content (AvgIpc) is 2.50. The highest BCUT2D eigenvalue weighted by atomic mass is 79.9. The number of hydrogen-bond donors (Lipinski definition) is 1. The zero-order chi connectivity index (χ0) is 15.1. The highest BCUT2D eigenvalue weighted by molar-refractivity contribution is 9.10. The van der Waals surface area contributed by atoms with Gasteiger partial charge in [-0.1, -0.05) is 60.0 Å². The molecule has 0 radical (unpaired) electrons. The second-order valence-electron chi connectivity index (χ2n) is 5.59. The molecule has 0 heterocycles. The summed E-state index contributed by atoms with van der Waals surface area (Å²) in [5.74, 6) is 0. The van der Waals surface area contributed by atoms with E-state index in [1.807, 2.05) is 0 Å². The third kappa shape index (κ3) is 5.20. The second-order valence-corrected chi connectivity index (χ2v) is 6.45. The Labute approximate surface area is 136 Å². The highest BCUT2D eigenvalue weighted by Crippen LogP contribution is 2.19.